The molecule has 0 N–H and O–H groups in total. The Labute approximate surface area is 145 Å². The van der Waals surface area contributed by atoms with Crippen molar-refractivity contribution in [2.75, 3.05) is 63.0 Å². The lowest BCUT2D eigenvalue weighted by Crippen LogP contribution is -2.12. The van der Waals surface area contributed by atoms with Gasteiger partial charge in [-0.3, -0.25) is 0 Å². The van der Waals surface area contributed by atoms with Crippen molar-refractivity contribution in [1.29, 1.82) is 0 Å². The molecule has 0 heterocycles. The van der Waals surface area contributed by atoms with Crippen LogP contribution in [0.15, 0.2) is 4.58 Å². The van der Waals surface area contributed by atoms with Gasteiger partial charge in [0.15, 0.2) is 0 Å². The molecule has 0 spiro atoms. The SMILES string of the molecule is O=NS(=O)(=O)CCCCOCCOCCOCCOCCI. The van der Waals surface area contributed by atoms with Crippen LogP contribution in [0.4, 0.5) is 0 Å². The quantitative estimate of drug-likeness (QED) is 0.142. The van der Waals surface area contributed by atoms with Gasteiger partial charge >= 0.3 is 0 Å². The smallest absolute Gasteiger partial charge is 0.288 e. The van der Waals surface area contributed by atoms with E-state index in [-0.39, 0.29) is 5.75 Å². The van der Waals surface area contributed by atoms with E-state index in [2.05, 4.69) is 27.2 Å². The predicted octanol–water partition coefficient (Wildman–Crippen LogP) is 1.36. The molecule has 10 heteroatoms. The fourth-order valence-corrected chi connectivity index (χ4v) is 2.30. The zero-order chi connectivity index (χ0) is 16.5. The summed E-state index contributed by atoms with van der Waals surface area (Å²) >= 11 is 2.25. The molecule has 0 unspecified atom stereocenters. The molecular formula is C12H24INO7S. The zero-order valence-electron chi connectivity index (χ0n) is 12.6. The summed E-state index contributed by atoms with van der Waals surface area (Å²) in [6.07, 6.45) is 0.928. The minimum Gasteiger partial charge on any atom is -0.379 e. The number of alkyl halides is 1. The molecule has 0 aromatic carbocycles. The molecule has 0 amide bonds. The first-order valence-corrected chi connectivity index (χ1v) is 10.2. The molecule has 0 aliphatic rings. The second-order valence-corrected chi connectivity index (χ2v) is 7.01. The number of rotatable bonds is 17. The Morgan fingerprint density at radius 2 is 1.18 bits per heavy atom. The number of unbranched alkanes of at least 4 members (excludes halogenated alkanes) is 1. The summed E-state index contributed by atoms with van der Waals surface area (Å²) in [6, 6.07) is 0. The van der Waals surface area contributed by atoms with Crippen molar-refractivity contribution >= 4 is 32.6 Å². The van der Waals surface area contributed by atoms with E-state index in [4.69, 9.17) is 18.9 Å². The highest BCUT2D eigenvalue weighted by atomic mass is 127. The second kappa shape index (κ2) is 16.0. The highest BCUT2D eigenvalue weighted by Crippen LogP contribution is 1.98. The normalized spacial score (nSPS) is 11.7. The van der Waals surface area contributed by atoms with Crippen LogP contribution in [0.5, 0.6) is 0 Å². The van der Waals surface area contributed by atoms with Crippen molar-refractivity contribution in [2.24, 2.45) is 4.58 Å². The molecule has 0 bridgehead atoms. The van der Waals surface area contributed by atoms with Crippen LogP contribution in [-0.2, 0) is 29.0 Å². The zero-order valence-corrected chi connectivity index (χ0v) is 15.6. The Morgan fingerprint density at radius 3 is 1.64 bits per heavy atom. The first-order chi connectivity index (χ1) is 10.6. The summed E-state index contributed by atoms with van der Waals surface area (Å²) in [4.78, 5) is 9.90. The Balaban J connectivity index is 3.10. The van der Waals surface area contributed by atoms with E-state index >= 15 is 0 Å². The van der Waals surface area contributed by atoms with Crippen LogP contribution in [0.1, 0.15) is 12.8 Å². The molecule has 0 aliphatic heterocycles. The van der Waals surface area contributed by atoms with E-state index < -0.39 is 10.0 Å². The largest absolute Gasteiger partial charge is 0.379 e. The Morgan fingerprint density at radius 1 is 0.727 bits per heavy atom. The topological polar surface area (TPSA) is 100 Å². The van der Waals surface area contributed by atoms with Crippen LogP contribution in [0.25, 0.3) is 0 Å². The van der Waals surface area contributed by atoms with Gasteiger partial charge < -0.3 is 18.9 Å². The highest BCUT2D eigenvalue weighted by molar-refractivity contribution is 14.1. The standard InChI is InChI=1S/C12H24INO7S/c13-3-5-19-7-9-21-11-10-20-8-6-18-4-1-2-12-22(16,17)14-15/h1-12H2. The Bertz CT molecular complexity index is 353. The van der Waals surface area contributed by atoms with Crippen LogP contribution in [0.3, 0.4) is 0 Å². The van der Waals surface area contributed by atoms with Crippen molar-refractivity contribution in [3.8, 4) is 0 Å². The van der Waals surface area contributed by atoms with E-state index in [9.17, 15) is 13.3 Å². The second-order valence-electron chi connectivity index (χ2n) is 4.21. The maximum Gasteiger partial charge on any atom is 0.288 e. The summed E-state index contributed by atoms with van der Waals surface area (Å²) in [5.74, 6) is -0.227. The Kier molecular flexibility index (Phi) is 16.1. The van der Waals surface area contributed by atoms with Gasteiger partial charge in [-0.05, 0) is 12.8 Å². The third-order valence-corrected chi connectivity index (χ3v) is 3.86. The van der Waals surface area contributed by atoms with Gasteiger partial charge in [0.1, 0.15) is 0 Å². The van der Waals surface area contributed by atoms with Gasteiger partial charge in [0.05, 0.1) is 56.6 Å². The molecule has 0 fully saturated rings. The minimum atomic E-state index is -3.77. The fourth-order valence-electron chi connectivity index (χ4n) is 1.34. The molecule has 0 aromatic heterocycles. The number of sulfonamides is 1. The fraction of sp³-hybridized carbons (Fsp3) is 1.00. The van der Waals surface area contributed by atoms with E-state index in [0.717, 1.165) is 11.0 Å². The van der Waals surface area contributed by atoms with Crippen LogP contribution in [-0.4, -0.2) is 71.5 Å². The number of halogens is 1. The van der Waals surface area contributed by atoms with Gasteiger partial charge in [-0.15, -0.1) is 4.91 Å². The molecule has 0 radical (unpaired) electrons. The molecule has 0 aliphatic carbocycles. The molecular weight excluding hydrogens is 429 g/mol. The molecule has 0 aromatic rings. The summed E-state index contributed by atoms with van der Waals surface area (Å²) in [5.41, 5.74) is 0. The van der Waals surface area contributed by atoms with E-state index in [1.807, 2.05) is 0 Å². The van der Waals surface area contributed by atoms with Gasteiger partial charge in [0, 0.05) is 11.0 Å². The molecule has 8 nitrogen and oxygen atoms in total. The summed E-state index contributed by atoms with van der Waals surface area (Å²) in [7, 11) is -3.77. The summed E-state index contributed by atoms with van der Waals surface area (Å²) in [5, 5.41) is 0. The molecule has 132 valence electrons. The Hall–Kier alpha value is 0.120. The predicted molar refractivity (Wildman–Crippen MR) is 91.0 cm³/mol. The number of ether oxygens (including phenoxy) is 4. The van der Waals surface area contributed by atoms with Crippen LogP contribution in [0, 0.1) is 4.91 Å². The number of nitrogens with zero attached hydrogens (tertiary/aromatic N) is 1. The van der Waals surface area contributed by atoms with Gasteiger partial charge in [0.2, 0.25) is 0 Å². The molecule has 0 saturated carbocycles. The first kappa shape index (κ1) is 22.1. The van der Waals surface area contributed by atoms with Gasteiger partial charge in [-0.2, -0.15) is 0 Å². The van der Waals surface area contributed by atoms with Crippen molar-refractivity contribution < 1.29 is 27.4 Å². The van der Waals surface area contributed by atoms with Crippen LogP contribution in [0.2, 0.25) is 0 Å². The number of nitroso groups, excluding NO2 is 1. The lowest BCUT2D eigenvalue weighted by Gasteiger charge is -2.07. The van der Waals surface area contributed by atoms with Gasteiger partial charge in [-0.1, -0.05) is 22.6 Å². The minimum absolute atomic E-state index is 0.227. The lowest BCUT2D eigenvalue weighted by atomic mass is 10.4. The maximum atomic E-state index is 10.8. The molecule has 0 atom stereocenters. The monoisotopic (exact) mass is 453 g/mol. The third kappa shape index (κ3) is 16.5. The molecule has 0 rings (SSSR count). The highest BCUT2D eigenvalue weighted by Gasteiger charge is 2.08. The van der Waals surface area contributed by atoms with Crippen LogP contribution >= 0.6 is 22.6 Å². The van der Waals surface area contributed by atoms with Crippen molar-refractivity contribution in [2.45, 2.75) is 12.8 Å². The average molecular weight is 453 g/mol. The van der Waals surface area contributed by atoms with E-state index in [0.29, 0.717) is 59.1 Å². The van der Waals surface area contributed by atoms with Gasteiger partial charge in [0.25, 0.3) is 10.0 Å². The van der Waals surface area contributed by atoms with Crippen LogP contribution < -0.4 is 0 Å². The maximum absolute atomic E-state index is 10.8. The summed E-state index contributed by atoms with van der Waals surface area (Å²) < 4.78 is 45.7. The molecule has 22 heavy (non-hydrogen) atoms. The first-order valence-electron chi connectivity index (χ1n) is 7.06. The average Bonchev–Trinajstić information content (AvgIpc) is 2.51. The number of hydrogen-bond acceptors (Lipinski definition) is 7. The van der Waals surface area contributed by atoms with E-state index in [1.54, 1.807) is 0 Å². The van der Waals surface area contributed by atoms with Crippen molar-refractivity contribution in [3.05, 3.63) is 4.91 Å². The lowest BCUT2D eigenvalue weighted by molar-refractivity contribution is -0.000329. The van der Waals surface area contributed by atoms with Gasteiger partial charge in [-0.25, -0.2) is 8.42 Å². The van der Waals surface area contributed by atoms with E-state index in [1.165, 1.54) is 0 Å². The van der Waals surface area contributed by atoms with Crippen molar-refractivity contribution in [3.63, 3.8) is 0 Å². The summed E-state index contributed by atoms with van der Waals surface area (Å²) in [6.45, 7) is 4.26. The third-order valence-electron chi connectivity index (χ3n) is 2.39. The van der Waals surface area contributed by atoms with Crippen molar-refractivity contribution in [1.82, 2.24) is 0 Å². The molecule has 0 saturated heterocycles. The number of hydrogen-bond donors (Lipinski definition) is 0.